The third kappa shape index (κ3) is 5.19. The molecule has 0 amide bonds. The van der Waals surface area contributed by atoms with Gasteiger partial charge in [0.1, 0.15) is 11.5 Å². The van der Waals surface area contributed by atoms with E-state index in [4.69, 9.17) is 4.74 Å². The first-order valence-electron chi connectivity index (χ1n) is 19.2. The predicted octanol–water partition coefficient (Wildman–Crippen LogP) is 15.4. The Kier molecular flexibility index (Phi) is 7.53. The molecule has 0 atom stereocenters. The third-order valence-corrected chi connectivity index (χ3v) is 11.2. The molecule has 1 heterocycles. The number of nitrogens with zero attached hydrogens (tertiary/aromatic N) is 1. The first-order chi connectivity index (χ1) is 27.8. The largest absolute Gasteiger partial charge is 0.455 e. The lowest BCUT2D eigenvalue weighted by Crippen LogP contribution is -2.12. The van der Waals surface area contributed by atoms with Gasteiger partial charge in [0.05, 0.1) is 11.4 Å². The van der Waals surface area contributed by atoms with Crippen LogP contribution in [0.15, 0.2) is 212 Å². The van der Waals surface area contributed by atoms with Gasteiger partial charge in [-0.1, -0.05) is 182 Å². The summed E-state index contributed by atoms with van der Waals surface area (Å²) in [6, 6.07) is 76.4. The van der Waals surface area contributed by atoms with E-state index in [1.54, 1.807) is 0 Å². The van der Waals surface area contributed by atoms with Crippen LogP contribution in [0.2, 0.25) is 0 Å². The summed E-state index contributed by atoms with van der Waals surface area (Å²) in [6.45, 7) is 0. The summed E-state index contributed by atoms with van der Waals surface area (Å²) in [5, 5.41) is 7.20. The first-order valence-corrected chi connectivity index (χ1v) is 19.2. The zero-order valence-electron chi connectivity index (χ0n) is 30.6. The molecule has 0 fully saturated rings. The van der Waals surface area contributed by atoms with E-state index in [0.717, 1.165) is 61.8 Å². The lowest BCUT2D eigenvalue weighted by molar-refractivity contribution is 0.489. The van der Waals surface area contributed by atoms with Crippen molar-refractivity contribution in [2.45, 2.75) is 0 Å². The second kappa shape index (κ2) is 13.2. The highest BCUT2D eigenvalue weighted by Gasteiger charge is 2.28. The van der Waals surface area contributed by atoms with Crippen molar-refractivity contribution >= 4 is 49.4 Å². The predicted molar refractivity (Wildman–Crippen MR) is 235 cm³/mol. The van der Waals surface area contributed by atoms with Crippen molar-refractivity contribution in [1.82, 2.24) is 0 Å². The maximum absolute atomic E-state index is 7.04. The van der Waals surface area contributed by atoms with E-state index in [9.17, 15) is 0 Å². The van der Waals surface area contributed by atoms with Gasteiger partial charge in [0.25, 0.3) is 0 Å². The number of rotatable bonds is 5. The van der Waals surface area contributed by atoms with Gasteiger partial charge >= 0.3 is 0 Å². The number of benzene rings is 10. The molecule has 0 N–H and O–H groups in total. The minimum absolute atomic E-state index is 0.850. The molecule has 0 aliphatic carbocycles. The van der Waals surface area contributed by atoms with Crippen LogP contribution in [0.3, 0.4) is 0 Å². The monoisotopic (exact) mass is 713 g/mol. The minimum atomic E-state index is 0.850. The topological polar surface area (TPSA) is 12.5 Å². The van der Waals surface area contributed by atoms with Gasteiger partial charge in [-0.15, -0.1) is 0 Å². The summed E-state index contributed by atoms with van der Waals surface area (Å²) in [5.41, 5.74) is 12.3. The lowest BCUT2D eigenvalue weighted by Gasteiger charge is -2.30. The van der Waals surface area contributed by atoms with Gasteiger partial charge in [0.2, 0.25) is 0 Å². The summed E-state index contributed by atoms with van der Waals surface area (Å²) in [6.07, 6.45) is 0. The van der Waals surface area contributed by atoms with Crippen LogP contribution < -0.4 is 9.64 Å². The molecule has 0 saturated heterocycles. The van der Waals surface area contributed by atoms with Crippen LogP contribution in [-0.2, 0) is 0 Å². The summed E-state index contributed by atoms with van der Waals surface area (Å²) in [5.74, 6) is 1.71. The van der Waals surface area contributed by atoms with Crippen molar-refractivity contribution < 1.29 is 4.74 Å². The lowest BCUT2D eigenvalue weighted by atomic mass is 9.87. The Morgan fingerprint density at radius 3 is 1.62 bits per heavy atom. The van der Waals surface area contributed by atoms with Crippen molar-refractivity contribution in [3.05, 3.63) is 212 Å². The molecule has 10 aromatic carbocycles. The quantitative estimate of drug-likeness (QED) is 0.165. The maximum atomic E-state index is 7.04. The van der Waals surface area contributed by atoms with Crippen LogP contribution in [0, 0.1) is 0 Å². The molecule has 1 aliphatic heterocycles. The van der Waals surface area contributed by atoms with Crippen molar-refractivity contribution in [2.24, 2.45) is 0 Å². The fourth-order valence-corrected chi connectivity index (χ4v) is 8.68. The van der Waals surface area contributed by atoms with Gasteiger partial charge in [-0.05, 0) is 74.1 Å². The van der Waals surface area contributed by atoms with Crippen LogP contribution in [0.25, 0.3) is 76.8 Å². The van der Waals surface area contributed by atoms with Crippen LogP contribution >= 0.6 is 0 Å². The zero-order valence-corrected chi connectivity index (χ0v) is 30.6. The molecular weight excluding hydrogens is 679 g/mol. The number of ether oxygens (including phenoxy) is 1. The van der Waals surface area contributed by atoms with Crippen LogP contribution in [-0.4, -0.2) is 0 Å². The van der Waals surface area contributed by atoms with E-state index in [0.29, 0.717) is 0 Å². The summed E-state index contributed by atoms with van der Waals surface area (Å²) in [4.78, 5) is 2.48. The molecule has 2 nitrogen and oxygen atoms in total. The van der Waals surface area contributed by atoms with E-state index < -0.39 is 0 Å². The Labute approximate surface area is 326 Å². The molecule has 10 aromatic rings. The summed E-state index contributed by atoms with van der Waals surface area (Å²) >= 11 is 0. The fraction of sp³-hybridized carbons (Fsp3) is 0. The Morgan fingerprint density at radius 1 is 0.321 bits per heavy atom. The van der Waals surface area contributed by atoms with Crippen molar-refractivity contribution in [3.63, 3.8) is 0 Å². The van der Waals surface area contributed by atoms with Gasteiger partial charge in [0, 0.05) is 38.7 Å². The molecule has 0 spiro atoms. The van der Waals surface area contributed by atoms with Gasteiger partial charge < -0.3 is 9.64 Å². The number of anilines is 3. The zero-order chi connectivity index (χ0) is 37.0. The van der Waals surface area contributed by atoms with Crippen molar-refractivity contribution in [3.8, 4) is 56.0 Å². The Balaban J connectivity index is 1.25. The Hall–Kier alpha value is -7.42. The number of hydrogen-bond acceptors (Lipinski definition) is 2. The van der Waals surface area contributed by atoms with Gasteiger partial charge in [-0.25, -0.2) is 0 Å². The fourth-order valence-electron chi connectivity index (χ4n) is 8.68. The molecule has 0 unspecified atom stereocenters. The smallest absolute Gasteiger partial charge is 0.143 e. The van der Waals surface area contributed by atoms with Gasteiger partial charge in [-0.2, -0.15) is 0 Å². The van der Waals surface area contributed by atoms with Crippen molar-refractivity contribution in [2.75, 3.05) is 4.90 Å². The molecule has 2 heteroatoms. The summed E-state index contributed by atoms with van der Waals surface area (Å²) < 4.78 is 7.04. The molecule has 11 rings (SSSR count). The minimum Gasteiger partial charge on any atom is -0.455 e. The number of para-hydroxylation sites is 2. The molecule has 0 bridgehead atoms. The van der Waals surface area contributed by atoms with Gasteiger partial charge in [-0.3, -0.25) is 0 Å². The molecule has 1 aliphatic rings. The van der Waals surface area contributed by atoms with Crippen molar-refractivity contribution in [1.29, 1.82) is 0 Å². The molecule has 56 heavy (non-hydrogen) atoms. The molecular formula is C54H35NO. The van der Waals surface area contributed by atoms with Crippen LogP contribution in [0.1, 0.15) is 0 Å². The highest BCUT2D eigenvalue weighted by Crippen LogP contribution is 2.55. The highest BCUT2D eigenvalue weighted by atomic mass is 16.5. The number of hydrogen-bond donors (Lipinski definition) is 0. The SMILES string of the molecule is c1ccc(-c2ccc(N(c3cc4c(c5ccccc35)-c3ccccc3Oc3c(-c5ccccc5)cccc3-4)c3cc4ccccc4c4ccccc34)cc2)cc1. The normalized spacial score (nSPS) is 11.7. The number of fused-ring (bicyclic) bond motifs is 10. The molecule has 262 valence electrons. The van der Waals surface area contributed by atoms with E-state index in [-0.39, 0.29) is 0 Å². The van der Waals surface area contributed by atoms with Crippen LogP contribution in [0.4, 0.5) is 17.1 Å². The summed E-state index contributed by atoms with van der Waals surface area (Å²) in [7, 11) is 0. The molecule has 0 radical (unpaired) electrons. The second-order valence-corrected chi connectivity index (χ2v) is 14.4. The Morgan fingerprint density at radius 2 is 0.857 bits per heavy atom. The van der Waals surface area contributed by atoms with Gasteiger partial charge in [0.15, 0.2) is 0 Å². The van der Waals surface area contributed by atoms with E-state index in [2.05, 4.69) is 217 Å². The maximum Gasteiger partial charge on any atom is 0.143 e. The molecule has 0 aromatic heterocycles. The molecule has 0 saturated carbocycles. The Bertz CT molecular complexity index is 3100. The standard InChI is InChI=1S/C54H35NO/c1-3-16-36(17-4-1)37-30-32-40(33-31-37)55(50-34-39-20-7-8-21-41(39)43-22-9-10-23-44(43)50)51-35-49-47-28-15-27-42(38-18-5-2-6-19-38)54(47)56-52-29-14-13-26-48(52)53(49)46-25-12-11-24-45(46)51/h1-35H. The van der Waals surface area contributed by atoms with E-state index in [1.807, 2.05) is 0 Å². The third-order valence-electron chi connectivity index (χ3n) is 11.2. The average Bonchev–Trinajstić information content (AvgIpc) is 3.42. The van der Waals surface area contributed by atoms with Crippen LogP contribution in [0.5, 0.6) is 11.5 Å². The second-order valence-electron chi connectivity index (χ2n) is 14.4. The average molecular weight is 714 g/mol. The van der Waals surface area contributed by atoms with E-state index >= 15 is 0 Å². The highest BCUT2D eigenvalue weighted by molar-refractivity contribution is 6.18. The van der Waals surface area contributed by atoms with E-state index in [1.165, 1.54) is 43.6 Å². The first kappa shape index (κ1) is 32.0.